The van der Waals surface area contributed by atoms with Crippen LogP contribution in [0.2, 0.25) is 0 Å². The second-order valence-electron chi connectivity index (χ2n) is 5.84. The summed E-state index contributed by atoms with van der Waals surface area (Å²) in [5, 5.41) is 11.8. The molecule has 3 N–H and O–H groups in total. The molecule has 0 bridgehead atoms. The highest BCUT2D eigenvalue weighted by Crippen LogP contribution is 2.39. The lowest BCUT2D eigenvalue weighted by Crippen LogP contribution is -2.21. The van der Waals surface area contributed by atoms with Crippen molar-refractivity contribution in [2.75, 3.05) is 18.0 Å². The fourth-order valence-electron chi connectivity index (χ4n) is 3.63. The van der Waals surface area contributed by atoms with Crippen molar-refractivity contribution in [3.8, 4) is 0 Å². The smallest absolute Gasteiger partial charge is 0.170 e. The molecule has 0 aromatic heterocycles. The molecule has 1 aliphatic heterocycles. The second kappa shape index (κ2) is 4.76. The van der Waals surface area contributed by atoms with Crippen molar-refractivity contribution < 1.29 is 5.21 Å². The van der Waals surface area contributed by atoms with Gasteiger partial charge in [0, 0.05) is 24.3 Å². The summed E-state index contributed by atoms with van der Waals surface area (Å²) in [7, 11) is 0. The number of anilines is 1. The first-order valence-corrected chi connectivity index (χ1v) is 7.02. The van der Waals surface area contributed by atoms with E-state index in [-0.39, 0.29) is 5.84 Å². The lowest BCUT2D eigenvalue weighted by molar-refractivity contribution is 0.318. The molecule has 1 heterocycles. The van der Waals surface area contributed by atoms with Gasteiger partial charge in [-0.25, -0.2) is 0 Å². The molecule has 1 saturated heterocycles. The first kappa shape index (κ1) is 12.3. The summed E-state index contributed by atoms with van der Waals surface area (Å²) in [6.45, 7) is 4.38. The van der Waals surface area contributed by atoms with Crippen LogP contribution in [0.3, 0.4) is 0 Å². The van der Waals surface area contributed by atoms with E-state index in [1.165, 1.54) is 38.0 Å². The van der Waals surface area contributed by atoms with Crippen molar-refractivity contribution in [1.82, 2.24) is 0 Å². The van der Waals surface area contributed by atoms with E-state index in [1.54, 1.807) is 0 Å². The van der Waals surface area contributed by atoms with Gasteiger partial charge >= 0.3 is 0 Å². The maximum Gasteiger partial charge on any atom is 0.170 e. The third-order valence-electron chi connectivity index (χ3n) is 4.69. The Hall–Kier alpha value is -1.71. The van der Waals surface area contributed by atoms with Crippen LogP contribution >= 0.6 is 0 Å². The van der Waals surface area contributed by atoms with E-state index in [1.807, 2.05) is 13.0 Å². The Morgan fingerprint density at radius 2 is 2.00 bits per heavy atom. The van der Waals surface area contributed by atoms with Crippen molar-refractivity contribution >= 4 is 11.5 Å². The molecule has 102 valence electrons. The molecule has 1 aliphatic carbocycles. The predicted octanol–water partition coefficient (Wildman–Crippen LogP) is 2.33. The van der Waals surface area contributed by atoms with Crippen molar-refractivity contribution in [3.63, 3.8) is 0 Å². The molecule has 4 nitrogen and oxygen atoms in total. The minimum Gasteiger partial charge on any atom is -0.409 e. The van der Waals surface area contributed by atoms with Gasteiger partial charge in [0.25, 0.3) is 0 Å². The number of hydrogen-bond acceptors (Lipinski definition) is 3. The van der Waals surface area contributed by atoms with Crippen LogP contribution in [0.5, 0.6) is 0 Å². The number of benzene rings is 1. The normalized spacial score (nSPS) is 26.8. The minimum atomic E-state index is 0.183. The highest BCUT2D eigenvalue weighted by atomic mass is 16.4. The lowest BCUT2D eigenvalue weighted by Gasteiger charge is -2.20. The highest BCUT2D eigenvalue weighted by Gasteiger charge is 2.36. The van der Waals surface area contributed by atoms with E-state index in [2.05, 4.69) is 22.2 Å². The fraction of sp³-hybridized carbons (Fsp3) is 0.533. The summed E-state index contributed by atoms with van der Waals surface area (Å²) in [6.07, 6.45) is 4.19. The monoisotopic (exact) mass is 259 g/mol. The van der Waals surface area contributed by atoms with Gasteiger partial charge < -0.3 is 15.8 Å². The summed E-state index contributed by atoms with van der Waals surface area (Å²) >= 11 is 0. The molecule has 0 radical (unpaired) electrons. The van der Waals surface area contributed by atoms with Crippen LogP contribution < -0.4 is 10.6 Å². The van der Waals surface area contributed by atoms with Gasteiger partial charge in [-0.3, -0.25) is 0 Å². The molecule has 2 aliphatic rings. The van der Waals surface area contributed by atoms with Gasteiger partial charge in [0.05, 0.1) is 0 Å². The first-order valence-electron chi connectivity index (χ1n) is 7.02. The zero-order valence-electron chi connectivity index (χ0n) is 11.3. The van der Waals surface area contributed by atoms with Gasteiger partial charge in [-0.1, -0.05) is 11.6 Å². The maximum atomic E-state index is 8.75. The Morgan fingerprint density at radius 1 is 1.32 bits per heavy atom. The Balaban J connectivity index is 1.81. The SMILES string of the molecule is Cc1cc(N2CC3CCCC3C2)ccc1/C(N)=N/O. The number of oxime groups is 1. The fourth-order valence-corrected chi connectivity index (χ4v) is 3.63. The Morgan fingerprint density at radius 3 is 2.58 bits per heavy atom. The standard InChI is InChI=1S/C15H21N3O/c1-10-7-13(5-6-14(10)15(16)17-19)18-8-11-3-2-4-12(11)9-18/h5-7,11-12,19H,2-4,8-9H2,1H3,(H2,16,17). The van der Waals surface area contributed by atoms with Crippen molar-refractivity contribution in [1.29, 1.82) is 0 Å². The molecule has 0 amide bonds. The maximum absolute atomic E-state index is 8.75. The van der Waals surface area contributed by atoms with Gasteiger partial charge in [0.15, 0.2) is 5.84 Å². The average Bonchev–Trinajstić information content (AvgIpc) is 2.98. The Labute approximate surface area is 113 Å². The molecule has 1 saturated carbocycles. The largest absolute Gasteiger partial charge is 0.409 e. The van der Waals surface area contributed by atoms with E-state index in [0.717, 1.165) is 23.0 Å². The van der Waals surface area contributed by atoms with Gasteiger partial charge in [0.1, 0.15) is 0 Å². The zero-order chi connectivity index (χ0) is 13.4. The number of nitrogens with two attached hydrogens (primary N) is 1. The molecule has 1 aromatic carbocycles. The van der Waals surface area contributed by atoms with Crippen LogP contribution in [0, 0.1) is 18.8 Å². The summed E-state index contributed by atoms with van der Waals surface area (Å²) in [6, 6.07) is 6.18. The predicted molar refractivity (Wildman–Crippen MR) is 76.7 cm³/mol. The molecular weight excluding hydrogens is 238 g/mol. The Kier molecular flexibility index (Phi) is 3.09. The summed E-state index contributed by atoms with van der Waals surface area (Å²) in [4.78, 5) is 2.48. The van der Waals surface area contributed by atoms with Crippen LogP contribution in [-0.4, -0.2) is 24.1 Å². The van der Waals surface area contributed by atoms with E-state index in [0.29, 0.717) is 0 Å². The van der Waals surface area contributed by atoms with Crippen molar-refractivity contribution in [2.24, 2.45) is 22.7 Å². The Bertz CT molecular complexity index is 500. The van der Waals surface area contributed by atoms with Crippen molar-refractivity contribution in [3.05, 3.63) is 29.3 Å². The van der Waals surface area contributed by atoms with Crippen LogP contribution in [0.4, 0.5) is 5.69 Å². The number of aryl methyl sites for hydroxylation is 1. The first-order chi connectivity index (χ1) is 9.19. The summed E-state index contributed by atoms with van der Waals surface area (Å²) < 4.78 is 0. The minimum absolute atomic E-state index is 0.183. The summed E-state index contributed by atoms with van der Waals surface area (Å²) in [5.74, 6) is 1.97. The molecule has 2 unspecified atom stereocenters. The van der Waals surface area contributed by atoms with Crippen LogP contribution in [0.25, 0.3) is 0 Å². The molecule has 2 fully saturated rings. The van der Waals surface area contributed by atoms with Gasteiger partial charge in [0.2, 0.25) is 0 Å². The van der Waals surface area contributed by atoms with E-state index >= 15 is 0 Å². The lowest BCUT2D eigenvalue weighted by atomic mass is 10.0. The molecule has 4 heteroatoms. The third-order valence-corrected chi connectivity index (χ3v) is 4.69. The molecule has 19 heavy (non-hydrogen) atoms. The third kappa shape index (κ3) is 2.15. The van der Waals surface area contributed by atoms with Crippen LogP contribution in [0.15, 0.2) is 23.4 Å². The zero-order valence-corrected chi connectivity index (χ0v) is 11.3. The quantitative estimate of drug-likeness (QED) is 0.371. The van der Waals surface area contributed by atoms with Gasteiger partial charge in [-0.05, 0) is 55.4 Å². The van der Waals surface area contributed by atoms with Crippen molar-refractivity contribution in [2.45, 2.75) is 26.2 Å². The summed E-state index contributed by atoms with van der Waals surface area (Å²) in [5.41, 5.74) is 8.80. The van der Waals surface area contributed by atoms with E-state index in [4.69, 9.17) is 10.9 Å². The number of fused-ring (bicyclic) bond motifs is 1. The van der Waals surface area contributed by atoms with E-state index < -0.39 is 0 Å². The van der Waals surface area contributed by atoms with E-state index in [9.17, 15) is 0 Å². The molecular formula is C15H21N3O. The number of rotatable bonds is 2. The molecule has 2 atom stereocenters. The molecule has 3 rings (SSSR count). The molecule has 0 spiro atoms. The number of hydrogen-bond donors (Lipinski definition) is 2. The average molecular weight is 259 g/mol. The second-order valence-corrected chi connectivity index (χ2v) is 5.84. The number of amidine groups is 1. The van der Waals surface area contributed by atoms with Gasteiger partial charge in [-0.15, -0.1) is 0 Å². The van der Waals surface area contributed by atoms with Crippen LogP contribution in [0.1, 0.15) is 30.4 Å². The highest BCUT2D eigenvalue weighted by molar-refractivity contribution is 5.98. The topological polar surface area (TPSA) is 61.8 Å². The van der Waals surface area contributed by atoms with Crippen LogP contribution in [-0.2, 0) is 0 Å². The molecule has 1 aromatic rings. The van der Waals surface area contributed by atoms with Gasteiger partial charge in [-0.2, -0.15) is 0 Å². The number of nitrogens with zero attached hydrogens (tertiary/aromatic N) is 2.